The molecule has 2 fully saturated rings. The third-order valence-electron chi connectivity index (χ3n) is 4.44. The largest absolute Gasteiger partial charge is 0.372 e. The van der Waals surface area contributed by atoms with E-state index in [1.807, 2.05) is 0 Å². The molecule has 3 atom stereocenters. The monoisotopic (exact) mass is 254 g/mol. The van der Waals surface area contributed by atoms with E-state index in [1.54, 1.807) is 0 Å². The Morgan fingerprint density at radius 2 is 1.78 bits per heavy atom. The van der Waals surface area contributed by atoms with Gasteiger partial charge < -0.3 is 15.0 Å². The summed E-state index contributed by atoms with van der Waals surface area (Å²) < 4.78 is 6.13. The summed E-state index contributed by atoms with van der Waals surface area (Å²) in [5.41, 5.74) is 0. The summed E-state index contributed by atoms with van der Waals surface area (Å²) >= 11 is 0. The summed E-state index contributed by atoms with van der Waals surface area (Å²) in [5.74, 6) is 0.954. The molecule has 0 aromatic rings. The van der Waals surface area contributed by atoms with Gasteiger partial charge in [0.1, 0.15) is 0 Å². The lowest BCUT2D eigenvalue weighted by Gasteiger charge is -2.27. The van der Waals surface area contributed by atoms with E-state index < -0.39 is 0 Å². The molecular formula is C15H30N2O. The topological polar surface area (TPSA) is 24.5 Å². The number of nitrogens with one attached hydrogen (secondary N) is 1. The molecule has 18 heavy (non-hydrogen) atoms. The molecule has 1 saturated heterocycles. The average Bonchev–Trinajstić information content (AvgIpc) is 3.07. The lowest BCUT2D eigenvalue weighted by atomic mass is 10.1. The van der Waals surface area contributed by atoms with E-state index in [0.29, 0.717) is 18.2 Å². The number of nitrogens with zero attached hydrogens (tertiary/aromatic N) is 1. The molecule has 0 bridgehead atoms. The molecule has 1 aliphatic carbocycles. The van der Waals surface area contributed by atoms with Crippen LogP contribution in [0.3, 0.4) is 0 Å². The second-order valence-electron chi connectivity index (χ2n) is 6.54. The molecule has 0 amide bonds. The highest BCUT2D eigenvalue weighted by molar-refractivity contribution is 4.86. The Hall–Kier alpha value is -0.120. The first-order valence-electron chi connectivity index (χ1n) is 7.65. The summed E-state index contributed by atoms with van der Waals surface area (Å²) in [5, 5.41) is 3.47. The van der Waals surface area contributed by atoms with E-state index >= 15 is 0 Å². The van der Waals surface area contributed by atoms with Crippen LogP contribution in [0.5, 0.6) is 0 Å². The van der Waals surface area contributed by atoms with E-state index in [-0.39, 0.29) is 0 Å². The maximum Gasteiger partial charge on any atom is 0.0707 e. The first-order chi connectivity index (χ1) is 8.56. The Kier molecular flexibility index (Phi) is 5.05. The van der Waals surface area contributed by atoms with Gasteiger partial charge in [-0.1, -0.05) is 13.8 Å². The molecule has 2 rings (SSSR count). The molecule has 0 aromatic heterocycles. The molecule has 0 aromatic carbocycles. The molecular weight excluding hydrogens is 224 g/mol. The minimum absolute atomic E-state index is 0.432. The fraction of sp³-hybridized carbons (Fsp3) is 1.00. The van der Waals surface area contributed by atoms with Gasteiger partial charge in [-0.05, 0) is 45.6 Å². The van der Waals surface area contributed by atoms with E-state index in [9.17, 15) is 0 Å². The highest BCUT2D eigenvalue weighted by atomic mass is 16.5. The van der Waals surface area contributed by atoms with Crippen LogP contribution >= 0.6 is 0 Å². The van der Waals surface area contributed by atoms with Crippen molar-refractivity contribution in [2.24, 2.45) is 5.92 Å². The van der Waals surface area contributed by atoms with Gasteiger partial charge in [0, 0.05) is 25.2 Å². The van der Waals surface area contributed by atoms with Crippen LogP contribution in [-0.4, -0.2) is 49.3 Å². The Morgan fingerprint density at radius 3 is 2.39 bits per heavy atom. The normalized spacial score (nSPS) is 30.3. The van der Waals surface area contributed by atoms with Crippen LogP contribution in [0.1, 0.15) is 46.5 Å². The predicted octanol–water partition coefficient (Wildman–Crippen LogP) is 2.26. The van der Waals surface area contributed by atoms with Crippen molar-refractivity contribution in [2.45, 2.75) is 70.7 Å². The second-order valence-corrected chi connectivity index (χ2v) is 6.54. The van der Waals surface area contributed by atoms with Crippen molar-refractivity contribution < 1.29 is 4.74 Å². The zero-order valence-corrected chi connectivity index (χ0v) is 12.5. The maximum absolute atomic E-state index is 6.13. The zero-order valence-electron chi connectivity index (χ0n) is 12.5. The van der Waals surface area contributed by atoms with Gasteiger partial charge in [0.2, 0.25) is 0 Å². The summed E-state index contributed by atoms with van der Waals surface area (Å²) in [7, 11) is 2.26. The van der Waals surface area contributed by atoms with Crippen molar-refractivity contribution in [3.8, 4) is 0 Å². The number of likely N-dealkylation sites (N-methyl/N-ethyl adjacent to an activating group) is 1. The number of ether oxygens (including phenoxy) is 1. The van der Waals surface area contributed by atoms with Crippen molar-refractivity contribution in [1.29, 1.82) is 0 Å². The van der Waals surface area contributed by atoms with Crippen molar-refractivity contribution in [3.05, 3.63) is 0 Å². The van der Waals surface area contributed by atoms with Gasteiger partial charge in [0.05, 0.1) is 12.2 Å². The Morgan fingerprint density at radius 1 is 1.11 bits per heavy atom. The van der Waals surface area contributed by atoms with Gasteiger partial charge >= 0.3 is 0 Å². The highest BCUT2D eigenvalue weighted by Gasteiger charge is 2.33. The molecule has 0 spiro atoms. The molecule has 1 N–H and O–H groups in total. The minimum atomic E-state index is 0.432. The lowest BCUT2D eigenvalue weighted by molar-refractivity contribution is 0.0195. The van der Waals surface area contributed by atoms with Gasteiger partial charge in [0.15, 0.2) is 0 Å². The highest BCUT2D eigenvalue weighted by Crippen LogP contribution is 2.35. The second kappa shape index (κ2) is 6.36. The van der Waals surface area contributed by atoms with Crippen molar-refractivity contribution in [2.75, 3.05) is 20.1 Å². The van der Waals surface area contributed by atoms with E-state index in [1.165, 1.54) is 25.7 Å². The number of rotatable bonds is 7. The average molecular weight is 254 g/mol. The first kappa shape index (κ1) is 14.3. The minimum Gasteiger partial charge on any atom is -0.372 e. The molecule has 0 radical (unpaired) electrons. The maximum atomic E-state index is 6.13. The molecule has 1 saturated carbocycles. The molecule has 3 nitrogen and oxygen atoms in total. The van der Waals surface area contributed by atoms with Crippen LogP contribution in [-0.2, 0) is 4.74 Å². The van der Waals surface area contributed by atoms with Gasteiger partial charge in [-0.25, -0.2) is 0 Å². The van der Waals surface area contributed by atoms with Crippen molar-refractivity contribution in [3.63, 3.8) is 0 Å². The molecule has 3 unspecified atom stereocenters. The zero-order chi connectivity index (χ0) is 13.1. The predicted molar refractivity (Wildman–Crippen MR) is 75.8 cm³/mol. The third-order valence-corrected chi connectivity index (χ3v) is 4.44. The summed E-state index contributed by atoms with van der Waals surface area (Å²) in [4.78, 5) is 2.50. The van der Waals surface area contributed by atoms with Crippen LogP contribution in [0.15, 0.2) is 0 Å². The number of hydrogen-bond acceptors (Lipinski definition) is 3. The van der Waals surface area contributed by atoms with Gasteiger partial charge in [-0.3, -0.25) is 0 Å². The fourth-order valence-electron chi connectivity index (χ4n) is 2.86. The van der Waals surface area contributed by atoms with Gasteiger partial charge in [0.25, 0.3) is 0 Å². The molecule has 1 aliphatic heterocycles. The summed E-state index contributed by atoms with van der Waals surface area (Å²) in [6.07, 6.45) is 6.19. The van der Waals surface area contributed by atoms with Crippen LogP contribution in [0.4, 0.5) is 0 Å². The van der Waals surface area contributed by atoms with Gasteiger partial charge in [-0.2, -0.15) is 0 Å². The Bertz CT molecular complexity index is 253. The smallest absolute Gasteiger partial charge is 0.0707 e. The lowest BCUT2D eigenvalue weighted by Crippen LogP contribution is -2.38. The summed E-state index contributed by atoms with van der Waals surface area (Å²) in [6.45, 7) is 8.87. The molecule has 2 aliphatic rings. The Labute approximate surface area is 112 Å². The van der Waals surface area contributed by atoms with Crippen LogP contribution in [0.25, 0.3) is 0 Å². The number of hydrogen-bond donors (Lipinski definition) is 1. The van der Waals surface area contributed by atoms with Gasteiger partial charge in [-0.15, -0.1) is 0 Å². The quantitative estimate of drug-likeness (QED) is 0.754. The van der Waals surface area contributed by atoms with Crippen molar-refractivity contribution in [1.82, 2.24) is 10.2 Å². The van der Waals surface area contributed by atoms with E-state index in [4.69, 9.17) is 4.74 Å². The molecule has 3 heteroatoms. The van der Waals surface area contributed by atoms with Crippen molar-refractivity contribution >= 4 is 0 Å². The first-order valence-corrected chi connectivity index (χ1v) is 7.65. The van der Waals surface area contributed by atoms with Crippen LogP contribution < -0.4 is 5.32 Å². The van der Waals surface area contributed by atoms with E-state index in [0.717, 1.165) is 25.0 Å². The van der Waals surface area contributed by atoms with Crippen LogP contribution in [0, 0.1) is 5.92 Å². The fourth-order valence-corrected chi connectivity index (χ4v) is 2.86. The SMILES string of the molecule is CC(C)NCC1CCC(CN(C)C(C)C2CC2)O1. The standard InChI is InChI=1S/C15H30N2O/c1-11(2)16-9-14-7-8-15(18-14)10-17(4)12(3)13-5-6-13/h11-16H,5-10H2,1-4H3. The summed E-state index contributed by atoms with van der Waals surface area (Å²) in [6, 6.07) is 1.30. The van der Waals surface area contributed by atoms with Crippen LogP contribution in [0.2, 0.25) is 0 Å². The molecule has 1 heterocycles. The van der Waals surface area contributed by atoms with E-state index in [2.05, 4.69) is 38.0 Å². The Balaban J connectivity index is 1.65. The molecule has 106 valence electrons. The third kappa shape index (κ3) is 4.22.